The van der Waals surface area contributed by atoms with Gasteiger partial charge in [0.05, 0.1) is 5.56 Å². The van der Waals surface area contributed by atoms with Crippen LogP contribution in [-0.4, -0.2) is 41.6 Å². The molecule has 0 bridgehead atoms. The predicted molar refractivity (Wildman–Crippen MR) is 109 cm³/mol. The van der Waals surface area contributed by atoms with E-state index in [2.05, 4.69) is 20.8 Å². The van der Waals surface area contributed by atoms with E-state index in [1.54, 1.807) is 4.90 Å². The third-order valence-electron chi connectivity index (χ3n) is 5.44. The van der Waals surface area contributed by atoms with Crippen molar-refractivity contribution in [2.75, 3.05) is 13.1 Å². The van der Waals surface area contributed by atoms with Crippen LogP contribution in [0.15, 0.2) is 18.2 Å². The van der Waals surface area contributed by atoms with Crippen LogP contribution in [-0.2, 0) is 11.2 Å². The first-order chi connectivity index (χ1) is 13.0. The smallest absolute Gasteiger partial charge is 0.410 e. The van der Waals surface area contributed by atoms with Gasteiger partial charge in [0.25, 0.3) is 0 Å². The van der Waals surface area contributed by atoms with Crippen LogP contribution in [0.3, 0.4) is 0 Å². The molecule has 1 unspecified atom stereocenters. The highest BCUT2D eigenvalue weighted by Gasteiger charge is 2.37. The maximum atomic E-state index is 13.3. The zero-order chi connectivity index (χ0) is 20.7. The van der Waals surface area contributed by atoms with Crippen molar-refractivity contribution in [1.29, 1.82) is 0 Å². The Morgan fingerprint density at radius 3 is 2.50 bits per heavy atom. The van der Waals surface area contributed by atoms with Gasteiger partial charge in [-0.25, -0.2) is 4.79 Å². The molecule has 2 aliphatic heterocycles. The lowest BCUT2D eigenvalue weighted by molar-refractivity contribution is 0.0171. The molecule has 0 saturated carbocycles. The molecule has 0 radical (unpaired) electrons. The number of hydrogen-bond acceptors (Lipinski definition) is 4. The molecular formula is C23H33NO4. The van der Waals surface area contributed by atoms with E-state index in [0.29, 0.717) is 18.7 Å². The summed E-state index contributed by atoms with van der Waals surface area (Å²) in [4.78, 5) is 27.4. The van der Waals surface area contributed by atoms with E-state index in [-0.39, 0.29) is 29.3 Å². The van der Waals surface area contributed by atoms with Crippen molar-refractivity contribution < 1.29 is 19.1 Å². The van der Waals surface area contributed by atoms with Gasteiger partial charge in [-0.1, -0.05) is 32.9 Å². The number of hydrogen-bond donors (Lipinski definition) is 0. The highest BCUT2D eigenvalue weighted by Crippen LogP contribution is 2.40. The van der Waals surface area contributed by atoms with E-state index in [1.807, 2.05) is 39.0 Å². The fourth-order valence-corrected chi connectivity index (χ4v) is 3.85. The van der Waals surface area contributed by atoms with Gasteiger partial charge < -0.3 is 14.4 Å². The molecule has 5 nitrogen and oxygen atoms in total. The van der Waals surface area contributed by atoms with Crippen LogP contribution < -0.4 is 4.74 Å². The molecule has 0 aromatic heterocycles. The highest BCUT2D eigenvalue weighted by atomic mass is 16.6. The van der Waals surface area contributed by atoms with Gasteiger partial charge in [-0.3, -0.25) is 4.79 Å². The summed E-state index contributed by atoms with van der Waals surface area (Å²) in [5.74, 6) is 0.589. The number of piperidine rings is 1. The Kier molecular flexibility index (Phi) is 5.48. The SMILES string of the molecule is CC(C)(C)OC(=O)N1CCC[C@@H](C(=O)c2cccc3c2OC(C(C)(C)C)C3)C1. The minimum Gasteiger partial charge on any atom is -0.488 e. The molecule has 0 N–H and O–H groups in total. The number of carbonyl (C=O) groups is 2. The average Bonchev–Trinajstić information content (AvgIpc) is 3.04. The number of likely N-dealkylation sites (tertiary alicyclic amines) is 1. The number of fused-ring (bicyclic) bond motifs is 1. The Morgan fingerprint density at radius 2 is 1.86 bits per heavy atom. The van der Waals surface area contributed by atoms with Crippen LogP contribution in [0.1, 0.15) is 70.3 Å². The number of ketones is 1. The first-order valence-corrected chi connectivity index (χ1v) is 10.3. The molecule has 0 aliphatic carbocycles. The lowest BCUT2D eigenvalue weighted by Gasteiger charge is -2.33. The predicted octanol–water partition coefficient (Wildman–Crippen LogP) is 4.87. The summed E-state index contributed by atoms with van der Waals surface area (Å²) in [5.41, 5.74) is 1.23. The molecule has 0 spiro atoms. The van der Waals surface area contributed by atoms with Crippen molar-refractivity contribution in [1.82, 2.24) is 4.90 Å². The van der Waals surface area contributed by atoms with Gasteiger partial charge >= 0.3 is 6.09 Å². The first-order valence-electron chi connectivity index (χ1n) is 10.3. The van der Waals surface area contributed by atoms with Gasteiger partial charge in [0.15, 0.2) is 5.78 Å². The fourth-order valence-electron chi connectivity index (χ4n) is 3.85. The summed E-state index contributed by atoms with van der Waals surface area (Å²) >= 11 is 0. The topological polar surface area (TPSA) is 55.8 Å². The molecule has 3 rings (SSSR count). The molecule has 1 saturated heterocycles. The summed E-state index contributed by atoms with van der Waals surface area (Å²) in [7, 11) is 0. The molecule has 1 fully saturated rings. The quantitative estimate of drug-likeness (QED) is 0.680. The number of nitrogens with zero attached hydrogens (tertiary/aromatic N) is 1. The van der Waals surface area contributed by atoms with Crippen LogP contribution in [0.4, 0.5) is 4.79 Å². The Bertz CT molecular complexity index is 757. The summed E-state index contributed by atoms with van der Waals surface area (Å²) in [6, 6.07) is 5.85. The molecule has 28 heavy (non-hydrogen) atoms. The second kappa shape index (κ2) is 7.41. The molecular weight excluding hydrogens is 354 g/mol. The second-order valence-electron chi connectivity index (χ2n) is 10.1. The van der Waals surface area contributed by atoms with Crippen molar-refractivity contribution in [2.24, 2.45) is 11.3 Å². The van der Waals surface area contributed by atoms with Gasteiger partial charge in [0.1, 0.15) is 17.5 Å². The number of benzene rings is 1. The van der Waals surface area contributed by atoms with Crippen molar-refractivity contribution >= 4 is 11.9 Å². The Morgan fingerprint density at radius 1 is 1.14 bits per heavy atom. The zero-order valence-electron chi connectivity index (χ0n) is 18.0. The second-order valence-corrected chi connectivity index (χ2v) is 10.1. The Hall–Kier alpha value is -2.04. The van der Waals surface area contributed by atoms with Crippen molar-refractivity contribution in [3.05, 3.63) is 29.3 Å². The number of para-hydroxylation sites is 1. The Balaban J connectivity index is 1.75. The molecule has 2 aliphatic rings. The molecule has 154 valence electrons. The van der Waals surface area contributed by atoms with E-state index < -0.39 is 5.60 Å². The largest absolute Gasteiger partial charge is 0.488 e. The van der Waals surface area contributed by atoms with Crippen LogP contribution in [0, 0.1) is 11.3 Å². The van der Waals surface area contributed by atoms with Gasteiger partial charge in [0.2, 0.25) is 0 Å². The average molecular weight is 388 g/mol. The minimum atomic E-state index is -0.538. The third-order valence-corrected chi connectivity index (χ3v) is 5.44. The van der Waals surface area contributed by atoms with Gasteiger partial charge in [-0.15, -0.1) is 0 Å². The van der Waals surface area contributed by atoms with Gasteiger partial charge in [0, 0.05) is 25.4 Å². The maximum absolute atomic E-state index is 13.3. The van der Waals surface area contributed by atoms with Crippen molar-refractivity contribution in [2.45, 2.75) is 72.5 Å². The molecule has 2 heterocycles. The lowest BCUT2D eigenvalue weighted by atomic mass is 9.86. The zero-order valence-corrected chi connectivity index (χ0v) is 18.0. The van der Waals surface area contributed by atoms with E-state index in [4.69, 9.17) is 9.47 Å². The number of ether oxygens (including phenoxy) is 2. The molecule has 1 aromatic rings. The Labute approximate surface area is 168 Å². The van der Waals surface area contributed by atoms with E-state index in [1.165, 1.54) is 0 Å². The van der Waals surface area contributed by atoms with Crippen molar-refractivity contribution in [3.8, 4) is 5.75 Å². The lowest BCUT2D eigenvalue weighted by Crippen LogP contribution is -2.44. The first kappa shape index (κ1) is 20.7. The maximum Gasteiger partial charge on any atom is 0.410 e. The van der Waals surface area contributed by atoms with Crippen LogP contribution in [0.5, 0.6) is 5.75 Å². The van der Waals surface area contributed by atoms with Crippen LogP contribution >= 0.6 is 0 Å². The molecule has 5 heteroatoms. The standard InChI is InChI=1S/C23H33NO4/c1-22(2,3)18-13-15-9-7-11-17(20(15)27-18)19(25)16-10-8-12-24(14-16)21(26)28-23(4,5)6/h7,9,11,16,18H,8,10,12-14H2,1-6H3/t16-,18?/m1/s1. The number of carbonyl (C=O) groups excluding carboxylic acids is 2. The number of rotatable bonds is 2. The number of amides is 1. The fraction of sp³-hybridized carbons (Fsp3) is 0.652. The van der Waals surface area contributed by atoms with Gasteiger partial charge in [-0.2, -0.15) is 0 Å². The van der Waals surface area contributed by atoms with Crippen LogP contribution in [0.2, 0.25) is 0 Å². The molecule has 1 amide bonds. The monoisotopic (exact) mass is 387 g/mol. The van der Waals surface area contributed by atoms with Gasteiger partial charge in [-0.05, 0) is 50.7 Å². The van der Waals surface area contributed by atoms with E-state index in [9.17, 15) is 9.59 Å². The summed E-state index contributed by atoms with van der Waals surface area (Å²) in [6.07, 6.45) is 2.14. The van der Waals surface area contributed by atoms with Crippen LogP contribution in [0.25, 0.3) is 0 Å². The summed E-state index contributed by atoms with van der Waals surface area (Å²) in [5, 5.41) is 0. The van der Waals surface area contributed by atoms with E-state index >= 15 is 0 Å². The third kappa shape index (κ3) is 4.50. The number of Topliss-reactive ketones (excluding diaryl/α,β-unsaturated/α-hetero) is 1. The minimum absolute atomic E-state index is 0.0116. The molecule has 2 atom stereocenters. The van der Waals surface area contributed by atoms with E-state index in [0.717, 1.165) is 30.6 Å². The normalized spacial score (nSPS) is 22.4. The highest BCUT2D eigenvalue weighted by molar-refractivity contribution is 6.01. The van der Waals surface area contributed by atoms with Crippen molar-refractivity contribution in [3.63, 3.8) is 0 Å². The summed E-state index contributed by atoms with van der Waals surface area (Å²) < 4.78 is 11.7. The molecule has 1 aromatic carbocycles. The summed E-state index contributed by atoms with van der Waals surface area (Å²) in [6.45, 7) is 13.1.